The third-order valence-corrected chi connectivity index (χ3v) is 2.27. The molecule has 128 valence electrons. The molecule has 0 aliphatic heterocycles. The first-order valence-electron chi connectivity index (χ1n) is 6.89. The van der Waals surface area contributed by atoms with Crippen LogP contribution in [0.1, 0.15) is 13.8 Å². The summed E-state index contributed by atoms with van der Waals surface area (Å²) in [6.07, 6.45) is 0. The summed E-state index contributed by atoms with van der Waals surface area (Å²) < 4.78 is 9.49. The van der Waals surface area contributed by atoms with Crippen LogP contribution in [-0.2, 0) is 32.2 Å². The third-order valence-electron chi connectivity index (χ3n) is 2.27. The van der Waals surface area contributed by atoms with Gasteiger partial charge in [0.2, 0.25) is 0 Å². The maximum atomic E-state index is 11.3. The van der Waals surface area contributed by atoms with Crippen molar-refractivity contribution < 1.29 is 19.1 Å². The maximum Gasteiger partial charge on any atom is 0.329 e. The topological polar surface area (TPSA) is 165 Å². The Bertz CT molecular complexity index is 663. The molecule has 0 bridgehead atoms. The van der Waals surface area contributed by atoms with E-state index in [4.69, 9.17) is 9.47 Å². The van der Waals surface area contributed by atoms with Crippen molar-refractivity contribution in [1.29, 1.82) is 0 Å². The number of rotatable bonds is 8. The predicted octanol–water partition coefficient (Wildman–Crippen LogP) is -0.799. The van der Waals surface area contributed by atoms with Crippen molar-refractivity contribution >= 4 is 23.8 Å². The fraction of sp³-hybridized carbons (Fsp3) is 0.600. The van der Waals surface area contributed by atoms with Crippen LogP contribution in [0.3, 0.4) is 0 Å². The van der Waals surface area contributed by atoms with E-state index in [1.807, 2.05) is 0 Å². The van der Waals surface area contributed by atoms with Gasteiger partial charge in [0.25, 0.3) is 0 Å². The van der Waals surface area contributed by atoms with E-state index < -0.39 is 11.9 Å². The summed E-state index contributed by atoms with van der Waals surface area (Å²) in [7, 11) is 0. The molecule has 0 aliphatic carbocycles. The molecule has 0 fully saturated rings. The number of hydrogen-bond acceptors (Lipinski definition) is 12. The molecule has 0 saturated heterocycles. The first-order chi connectivity index (χ1) is 11.6. The molecular weight excluding hydrogens is 324 g/mol. The van der Waals surface area contributed by atoms with Gasteiger partial charge >= 0.3 is 23.8 Å². The van der Waals surface area contributed by atoms with Gasteiger partial charge in [0.05, 0.1) is 13.2 Å². The zero-order chi connectivity index (χ0) is 17.4. The van der Waals surface area contributed by atoms with E-state index in [2.05, 4.69) is 41.0 Å². The van der Waals surface area contributed by atoms with Gasteiger partial charge in [-0.05, 0) is 24.3 Å². The Labute approximate surface area is 134 Å². The Hall–Kier alpha value is -3.32. The van der Waals surface area contributed by atoms with Crippen LogP contribution in [-0.4, -0.2) is 65.6 Å². The van der Waals surface area contributed by atoms with Crippen LogP contribution >= 0.6 is 0 Å². The van der Waals surface area contributed by atoms with E-state index in [9.17, 15) is 9.59 Å². The van der Waals surface area contributed by atoms with Gasteiger partial charge in [0, 0.05) is 0 Å². The highest BCUT2D eigenvalue weighted by atomic mass is 16.5. The maximum absolute atomic E-state index is 11.3. The van der Waals surface area contributed by atoms with Crippen LogP contribution in [0.5, 0.6) is 0 Å². The van der Waals surface area contributed by atoms with E-state index in [-0.39, 0.29) is 38.2 Å². The van der Waals surface area contributed by atoms with Crippen molar-refractivity contribution in [3.8, 4) is 0 Å². The molecule has 2 heterocycles. The zero-order valence-corrected chi connectivity index (χ0v) is 12.9. The van der Waals surface area contributed by atoms with Gasteiger partial charge < -0.3 is 9.47 Å². The Morgan fingerprint density at radius 2 is 1.29 bits per heavy atom. The molecule has 0 aromatic carbocycles. The second-order valence-corrected chi connectivity index (χ2v) is 4.05. The van der Waals surface area contributed by atoms with Crippen molar-refractivity contribution in [3.63, 3.8) is 0 Å². The number of ether oxygens (including phenoxy) is 2. The first kappa shape index (κ1) is 17.0. The minimum Gasteiger partial charge on any atom is -0.465 e. The van der Waals surface area contributed by atoms with Gasteiger partial charge in [-0.15, -0.1) is 20.4 Å². The summed E-state index contributed by atoms with van der Waals surface area (Å²) in [4.78, 5) is 24.6. The first-order valence-corrected chi connectivity index (χ1v) is 6.89. The lowest BCUT2D eigenvalue weighted by Crippen LogP contribution is -2.15. The molecule has 0 aliphatic rings. The van der Waals surface area contributed by atoms with E-state index in [0.29, 0.717) is 0 Å². The number of nitrogens with zero attached hydrogens (tertiary/aromatic N) is 10. The number of hydrogen-bond donors (Lipinski definition) is 0. The van der Waals surface area contributed by atoms with Crippen molar-refractivity contribution in [2.45, 2.75) is 26.9 Å². The SMILES string of the molecule is CCOC(=O)Cn1nnc(N=Nc2nnn(CC(=O)OCC)n2)n1. The molecular formula is C10H14N10O4. The Kier molecular flexibility index (Phi) is 5.93. The molecule has 0 amide bonds. The Morgan fingerprint density at radius 3 is 1.67 bits per heavy atom. The summed E-state index contributed by atoms with van der Waals surface area (Å²) >= 11 is 0. The summed E-state index contributed by atoms with van der Waals surface area (Å²) in [6, 6.07) is 0. The van der Waals surface area contributed by atoms with Gasteiger partial charge in [-0.3, -0.25) is 0 Å². The third kappa shape index (κ3) is 5.15. The molecule has 2 rings (SSSR count). The van der Waals surface area contributed by atoms with Crippen LogP contribution in [0.2, 0.25) is 0 Å². The minimum atomic E-state index is -0.498. The number of carbonyl (C=O) groups excluding carboxylic acids is 2. The molecule has 2 aromatic heterocycles. The number of esters is 2. The minimum absolute atomic E-state index is 0.0963. The van der Waals surface area contributed by atoms with Crippen LogP contribution in [0, 0.1) is 0 Å². The molecule has 24 heavy (non-hydrogen) atoms. The molecule has 0 unspecified atom stereocenters. The lowest BCUT2D eigenvalue weighted by Gasteiger charge is -1.98. The highest BCUT2D eigenvalue weighted by molar-refractivity contribution is 5.69. The normalized spacial score (nSPS) is 10.9. The van der Waals surface area contributed by atoms with Crippen molar-refractivity contribution in [2.75, 3.05) is 13.2 Å². The zero-order valence-electron chi connectivity index (χ0n) is 12.9. The monoisotopic (exact) mass is 338 g/mol. The Balaban J connectivity index is 1.92. The molecule has 14 heteroatoms. The van der Waals surface area contributed by atoms with E-state index in [1.54, 1.807) is 13.8 Å². The predicted molar refractivity (Wildman–Crippen MR) is 73.1 cm³/mol. The van der Waals surface area contributed by atoms with Gasteiger partial charge in [-0.1, -0.05) is 10.2 Å². The molecule has 0 spiro atoms. The van der Waals surface area contributed by atoms with Crippen molar-refractivity contribution in [2.24, 2.45) is 10.2 Å². The summed E-state index contributed by atoms with van der Waals surface area (Å²) in [5, 5.41) is 29.3. The fourth-order valence-corrected chi connectivity index (χ4v) is 1.42. The average Bonchev–Trinajstić information content (AvgIpc) is 3.15. The summed E-state index contributed by atoms with van der Waals surface area (Å²) in [5.74, 6) is -1.19. The lowest BCUT2D eigenvalue weighted by molar-refractivity contribution is -0.145. The second-order valence-electron chi connectivity index (χ2n) is 4.05. The van der Waals surface area contributed by atoms with Crippen LogP contribution in [0.15, 0.2) is 10.2 Å². The smallest absolute Gasteiger partial charge is 0.329 e. The fourth-order valence-electron chi connectivity index (χ4n) is 1.42. The lowest BCUT2D eigenvalue weighted by atomic mass is 10.7. The standard InChI is InChI=1S/C10H14N10O4/c1-3-23-7(21)5-19-15-9(13-17-19)11-12-10-14-18-20(16-10)6-8(22)24-4-2/h3-6H2,1-2H3. The highest BCUT2D eigenvalue weighted by Crippen LogP contribution is 2.07. The van der Waals surface area contributed by atoms with E-state index in [1.165, 1.54) is 0 Å². The van der Waals surface area contributed by atoms with Crippen LogP contribution in [0.4, 0.5) is 11.9 Å². The average molecular weight is 338 g/mol. The molecule has 0 radical (unpaired) electrons. The van der Waals surface area contributed by atoms with Gasteiger partial charge in [0.15, 0.2) is 13.1 Å². The van der Waals surface area contributed by atoms with Gasteiger partial charge in [0.1, 0.15) is 0 Å². The van der Waals surface area contributed by atoms with Crippen LogP contribution < -0.4 is 0 Å². The number of azo groups is 1. The van der Waals surface area contributed by atoms with Gasteiger partial charge in [-0.2, -0.15) is 9.59 Å². The van der Waals surface area contributed by atoms with Crippen molar-refractivity contribution in [3.05, 3.63) is 0 Å². The van der Waals surface area contributed by atoms with E-state index in [0.717, 1.165) is 9.59 Å². The summed E-state index contributed by atoms with van der Waals surface area (Å²) in [6.45, 7) is 3.51. The summed E-state index contributed by atoms with van der Waals surface area (Å²) in [5.41, 5.74) is 0. The number of carbonyl (C=O) groups is 2. The molecule has 0 atom stereocenters. The Morgan fingerprint density at radius 1 is 0.875 bits per heavy atom. The van der Waals surface area contributed by atoms with Gasteiger partial charge in [-0.25, -0.2) is 9.59 Å². The van der Waals surface area contributed by atoms with E-state index >= 15 is 0 Å². The largest absolute Gasteiger partial charge is 0.465 e. The molecule has 2 aromatic rings. The molecule has 0 N–H and O–H groups in total. The van der Waals surface area contributed by atoms with Crippen molar-refractivity contribution in [1.82, 2.24) is 40.4 Å². The quantitative estimate of drug-likeness (QED) is 0.439. The highest BCUT2D eigenvalue weighted by Gasteiger charge is 2.09. The second kappa shape index (κ2) is 8.35. The van der Waals surface area contributed by atoms with Crippen LogP contribution in [0.25, 0.3) is 0 Å². The molecule has 14 nitrogen and oxygen atoms in total. The molecule has 0 saturated carbocycles. The number of aromatic nitrogens is 8. The number of tetrazole rings is 2.